The number of carboxylic acid groups (broad SMARTS) is 1. The van der Waals surface area contributed by atoms with Crippen LogP contribution in [-0.2, 0) is 4.79 Å². The van der Waals surface area contributed by atoms with Crippen molar-refractivity contribution in [2.24, 2.45) is 0 Å². The first kappa shape index (κ1) is 17.7. The molecule has 112 valence electrons. The molecule has 0 rings (SSSR count). The number of amides is 2. The first-order chi connectivity index (χ1) is 8.73. The van der Waals surface area contributed by atoms with E-state index in [9.17, 15) is 9.59 Å². The largest absolute Gasteiger partial charge is 0.480 e. The van der Waals surface area contributed by atoms with E-state index < -0.39 is 11.5 Å². The number of hydrogen-bond donors (Lipinski definition) is 2. The van der Waals surface area contributed by atoms with E-state index in [0.29, 0.717) is 0 Å². The SMILES string of the molecule is CCC(CC)N(CCO)C(=O)N(C)C(C)(C)C(=O)O. The summed E-state index contributed by atoms with van der Waals surface area (Å²) in [7, 11) is 1.48. The van der Waals surface area contributed by atoms with Gasteiger partial charge in [0.1, 0.15) is 5.54 Å². The number of rotatable bonds is 7. The van der Waals surface area contributed by atoms with Crippen LogP contribution < -0.4 is 0 Å². The van der Waals surface area contributed by atoms with Gasteiger partial charge in [0.05, 0.1) is 6.61 Å². The average molecular weight is 274 g/mol. The van der Waals surface area contributed by atoms with Crippen molar-refractivity contribution in [1.29, 1.82) is 0 Å². The Balaban J connectivity index is 5.14. The number of urea groups is 1. The standard InChI is InChI=1S/C13H26N2O4/c1-6-10(7-2)15(8-9-16)12(19)14(5)13(3,4)11(17)18/h10,16H,6-9H2,1-5H3,(H,17,18). The fraction of sp³-hybridized carbons (Fsp3) is 0.846. The quantitative estimate of drug-likeness (QED) is 0.735. The number of nitrogens with zero attached hydrogens (tertiary/aromatic N) is 2. The molecule has 0 aromatic carbocycles. The Morgan fingerprint density at radius 3 is 2.00 bits per heavy atom. The third-order valence-corrected chi connectivity index (χ3v) is 3.62. The fourth-order valence-corrected chi connectivity index (χ4v) is 1.85. The molecule has 6 nitrogen and oxygen atoms in total. The summed E-state index contributed by atoms with van der Waals surface area (Å²) >= 11 is 0. The maximum atomic E-state index is 12.4. The van der Waals surface area contributed by atoms with Crippen molar-refractivity contribution in [2.45, 2.75) is 52.1 Å². The van der Waals surface area contributed by atoms with Gasteiger partial charge in [-0.05, 0) is 26.7 Å². The Morgan fingerprint density at radius 1 is 1.21 bits per heavy atom. The monoisotopic (exact) mass is 274 g/mol. The summed E-state index contributed by atoms with van der Waals surface area (Å²) < 4.78 is 0. The highest BCUT2D eigenvalue weighted by Crippen LogP contribution is 2.18. The topological polar surface area (TPSA) is 81.1 Å². The first-order valence-electron chi connectivity index (χ1n) is 6.62. The van der Waals surface area contributed by atoms with Crippen LogP contribution in [0.4, 0.5) is 4.79 Å². The molecule has 0 radical (unpaired) electrons. The predicted octanol–water partition coefficient (Wildman–Crippen LogP) is 1.38. The number of likely N-dealkylation sites (N-methyl/N-ethyl adjacent to an activating group) is 1. The Morgan fingerprint density at radius 2 is 1.68 bits per heavy atom. The van der Waals surface area contributed by atoms with Crippen molar-refractivity contribution >= 4 is 12.0 Å². The maximum absolute atomic E-state index is 12.4. The first-order valence-corrected chi connectivity index (χ1v) is 6.62. The van der Waals surface area contributed by atoms with Crippen LogP contribution in [0, 0.1) is 0 Å². The molecule has 0 saturated carbocycles. The summed E-state index contributed by atoms with van der Waals surface area (Å²) in [5.74, 6) is -1.06. The lowest BCUT2D eigenvalue weighted by Crippen LogP contribution is -2.57. The molecule has 0 bridgehead atoms. The predicted molar refractivity (Wildman–Crippen MR) is 73.0 cm³/mol. The van der Waals surface area contributed by atoms with E-state index in [1.807, 2.05) is 13.8 Å². The van der Waals surface area contributed by atoms with Crippen molar-refractivity contribution < 1.29 is 19.8 Å². The van der Waals surface area contributed by atoms with Crippen molar-refractivity contribution in [2.75, 3.05) is 20.2 Å². The Hall–Kier alpha value is -1.30. The van der Waals surface area contributed by atoms with Crippen LogP contribution in [-0.4, -0.2) is 63.8 Å². The van der Waals surface area contributed by atoms with Gasteiger partial charge >= 0.3 is 12.0 Å². The van der Waals surface area contributed by atoms with Gasteiger partial charge in [0.2, 0.25) is 0 Å². The van der Waals surface area contributed by atoms with Crippen LogP contribution in [0.5, 0.6) is 0 Å². The normalized spacial score (nSPS) is 11.5. The molecule has 0 aliphatic heterocycles. The molecule has 0 saturated heterocycles. The van der Waals surface area contributed by atoms with Crippen LogP contribution in [0.15, 0.2) is 0 Å². The van der Waals surface area contributed by atoms with Gasteiger partial charge in [0.15, 0.2) is 0 Å². The van der Waals surface area contributed by atoms with Gasteiger partial charge in [-0.2, -0.15) is 0 Å². The second-order valence-corrected chi connectivity index (χ2v) is 5.09. The molecule has 0 unspecified atom stereocenters. The van der Waals surface area contributed by atoms with Gasteiger partial charge in [-0.15, -0.1) is 0 Å². The lowest BCUT2D eigenvalue weighted by molar-refractivity contribution is -0.147. The lowest BCUT2D eigenvalue weighted by atomic mass is 10.0. The summed E-state index contributed by atoms with van der Waals surface area (Å²) in [5.41, 5.74) is -1.28. The Kier molecular flexibility index (Phi) is 6.83. The van der Waals surface area contributed by atoms with Crippen LogP contribution in [0.3, 0.4) is 0 Å². The summed E-state index contributed by atoms with van der Waals surface area (Å²) in [4.78, 5) is 26.4. The summed E-state index contributed by atoms with van der Waals surface area (Å²) in [6.45, 7) is 6.98. The molecule has 6 heteroatoms. The number of aliphatic hydroxyl groups excluding tert-OH is 1. The van der Waals surface area contributed by atoms with Gasteiger partial charge in [-0.1, -0.05) is 13.8 Å². The van der Waals surface area contributed by atoms with Crippen molar-refractivity contribution in [1.82, 2.24) is 9.80 Å². The molecule has 0 aromatic heterocycles. The molecule has 0 atom stereocenters. The molecule has 0 spiro atoms. The van der Waals surface area contributed by atoms with E-state index in [-0.39, 0.29) is 25.2 Å². The van der Waals surface area contributed by atoms with Crippen molar-refractivity contribution in [3.63, 3.8) is 0 Å². The minimum absolute atomic E-state index is 0.00620. The number of aliphatic carboxylic acids is 1. The van der Waals surface area contributed by atoms with E-state index >= 15 is 0 Å². The molecule has 0 aliphatic carbocycles. The summed E-state index contributed by atoms with van der Waals surface area (Å²) in [6, 6.07) is -0.359. The third kappa shape index (κ3) is 4.09. The number of hydrogen-bond acceptors (Lipinski definition) is 3. The smallest absolute Gasteiger partial charge is 0.329 e. The van der Waals surface area contributed by atoms with E-state index in [0.717, 1.165) is 12.8 Å². The van der Waals surface area contributed by atoms with Crippen molar-refractivity contribution in [3.05, 3.63) is 0 Å². The van der Waals surface area contributed by atoms with Gasteiger partial charge in [-0.3, -0.25) is 0 Å². The Labute approximate surface area is 115 Å². The Bertz CT molecular complexity index is 314. The van der Waals surface area contributed by atoms with Gasteiger partial charge < -0.3 is 20.0 Å². The average Bonchev–Trinajstić information content (AvgIpc) is 2.37. The van der Waals surface area contributed by atoms with Gasteiger partial charge in [0, 0.05) is 19.6 Å². The molecule has 19 heavy (non-hydrogen) atoms. The van der Waals surface area contributed by atoms with E-state index in [2.05, 4.69) is 0 Å². The lowest BCUT2D eigenvalue weighted by Gasteiger charge is -2.39. The zero-order chi connectivity index (χ0) is 15.2. The van der Waals surface area contributed by atoms with Crippen LogP contribution >= 0.6 is 0 Å². The molecule has 0 aromatic rings. The zero-order valence-electron chi connectivity index (χ0n) is 12.5. The van der Waals surface area contributed by atoms with E-state index in [4.69, 9.17) is 10.2 Å². The van der Waals surface area contributed by atoms with Gasteiger partial charge in [-0.25, -0.2) is 9.59 Å². The highest BCUT2D eigenvalue weighted by molar-refractivity contribution is 5.85. The summed E-state index contributed by atoms with van der Waals surface area (Å²) in [6.07, 6.45) is 1.53. The van der Waals surface area contributed by atoms with Gasteiger partial charge in [0.25, 0.3) is 0 Å². The minimum atomic E-state index is -1.28. The zero-order valence-corrected chi connectivity index (χ0v) is 12.5. The molecule has 0 heterocycles. The second kappa shape index (κ2) is 7.33. The molecule has 2 amide bonds. The molecule has 2 N–H and O–H groups in total. The molecular formula is C13H26N2O4. The minimum Gasteiger partial charge on any atom is -0.480 e. The second-order valence-electron chi connectivity index (χ2n) is 5.09. The number of aliphatic hydroxyl groups is 1. The molecule has 0 aliphatic rings. The van der Waals surface area contributed by atoms with E-state index in [1.54, 1.807) is 4.90 Å². The van der Waals surface area contributed by atoms with Crippen LogP contribution in [0.25, 0.3) is 0 Å². The molecule has 0 fully saturated rings. The van der Waals surface area contributed by atoms with Crippen LogP contribution in [0.1, 0.15) is 40.5 Å². The number of carboxylic acids is 1. The fourth-order valence-electron chi connectivity index (χ4n) is 1.85. The van der Waals surface area contributed by atoms with E-state index in [1.165, 1.54) is 25.8 Å². The summed E-state index contributed by atoms with van der Waals surface area (Å²) in [5, 5.41) is 18.3. The number of carbonyl (C=O) groups is 2. The highest BCUT2D eigenvalue weighted by atomic mass is 16.4. The maximum Gasteiger partial charge on any atom is 0.329 e. The van der Waals surface area contributed by atoms with Crippen LogP contribution in [0.2, 0.25) is 0 Å². The number of carbonyl (C=O) groups excluding carboxylic acids is 1. The third-order valence-electron chi connectivity index (χ3n) is 3.62. The molecular weight excluding hydrogens is 248 g/mol. The van der Waals surface area contributed by atoms with Crippen molar-refractivity contribution in [3.8, 4) is 0 Å². The highest BCUT2D eigenvalue weighted by Gasteiger charge is 2.38.